The summed E-state index contributed by atoms with van der Waals surface area (Å²) in [4.78, 5) is 12.7. The molecular weight excluding hydrogens is 266 g/mol. The maximum Gasteiger partial charge on any atom is 0.282 e. The number of carbonyl (C=O) groups is 1. The predicted octanol–water partition coefficient (Wildman–Crippen LogP) is 2.49. The highest BCUT2D eigenvalue weighted by Gasteiger charge is 2.11. The third-order valence-electron chi connectivity index (χ3n) is 1.97. The largest absolute Gasteiger partial charge is 0.345 e. The van der Waals surface area contributed by atoms with Gasteiger partial charge in [-0.05, 0) is 35.5 Å². The molecule has 84 valence electrons. The van der Waals surface area contributed by atoms with Crippen LogP contribution in [0.4, 0.5) is 0 Å². The van der Waals surface area contributed by atoms with Gasteiger partial charge in [0.2, 0.25) is 9.47 Å². The van der Waals surface area contributed by atoms with Crippen LogP contribution in [0.5, 0.6) is 0 Å². The number of amides is 1. The van der Waals surface area contributed by atoms with E-state index in [-0.39, 0.29) is 10.4 Å². The maximum absolute atomic E-state index is 11.6. The fourth-order valence-electron chi connectivity index (χ4n) is 1.12. The van der Waals surface area contributed by atoms with Gasteiger partial charge < -0.3 is 5.32 Å². The van der Waals surface area contributed by atoms with Crippen LogP contribution in [0.2, 0.25) is 4.47 Å². The normalized spacial score (nSPS) is 10.4. The molecule has 4 nitrogen and oxygen atoms in total. The van der Waals surface area contributed by atoms with Gasteiger partial charge in [-0.15, -0.1) is 21.5 Å². The van der Waals surface area contributed by atoms with Crippen LogP contribution >= 0.6 is 34.3 Å². The number of aromatic nitrogens is 2. The summed E-state index contributed by atoms with van der Waals surface area (Å²) in [6.45, 7) is 2.53. The first-order chi connectivity index (χ1) is 7.66. The van der Waals surface area contributed by atoms with E-state index in [1.165, 1.54) is 5.56 Å². The lowest BCUT2D eigenvalue weighted by Gasteiger charge is -2.01. The zero-order chi connectivity index (χ0) is 11.5. The molecule has 16 heavy (non-hydrogen) atoms. The van der Waals surface area contributed by atoms with Crippen LogP contribution in [0, 0.1) is 6.92 Å². The fraction of sp³-hybridized carbons (Fsp3) is 0.222. The standard InChI is InChI=1S/C9H8ClN3OS2/c1-5-2-3-15-6(5)4-11-7(14)8-12-13-9(10)16-8/h2-3H,4H2,1H3,(H,11,14). The molecule has 1 amide bonds. The minimum atomic E-state index is -0.239. The summed E-state index contributed by atoms with van der Waals surface area (Å²) in [5, 5.41) is 12.3. The molecule has 1 N–H and O–H groups in total. The Morgan fingerprint density at radius 1 is 1.56 bits per heavy atom. The van der Waals surface area contributed by atoms with Gasteiger partial charge in [0.1, 0.15) is 0 Å². The van der Waals surface area contributed by atoms with Crippen molar-refractivity contribution < 1.29 is 4.79 Å². The maximum atomic E-state index is 11.6. The molecule has 2 aromatic rings. The Hall–Kier alpha value is -0.980. The van der Waals surface area contributed by atoms with Crippen LogP contribution in [0.15, 0.2) is 11.4 Å². The van der Waals surface area contributed by atoms with E-state index in [4.69, 9.17) is 11.6 Å². The Kier molecular flexibility index (Phi) is 3.52. The zero-order valence-corrected chi connectivity index (χ0v) is 10.7. The van der Waals surface area contributed by atoms with Gasteiger partial charge in [0, 0.05) is 4.88 Å². The molecule has 0 fully saturated rings. The number of carbonyl (C=O) groups excluding carboxylic acids is 1. The Bertz CT molecular complexity index is 508. The quantitative estimate of drug-likeness (QED) is 0.935. The molecular formula is C9H8ClN3OS2. The SMILES string of the molecule is Cc1ccsc1CNC(=O)c1nnc(Cl)s1. The molecule has 2 heterocycles. The molecule has 0 aliphatic carbocycles. The first kappa shape index (κ1) is 11.5. The summed E-state index contributed by atoms with van der Waals surface area (Å²) in [6, 6.07) is 2.02. The van der Waals surface area contributed by atoms with E-state index < -0.39 is 0 Å². The molecule has 0 aliphatic heterocycles. The van der Waals surface area contributed by atoms with Gasteiger partial charge in [-0.25, -0.2) is 0 Å². The second kappa shape index (κ2) is 4.90. The average Bonchev–Trinajstić information content (AvgIpc) is 2.84. The van der Waals surface area contributed by atoms with E-state index >= 15 is 0 Å². The smallest absolute Gasteiger partial charge is 0.282 e. The highest BCUT2D eigenvalue weighted by Crippen LogP contribution is 2.17. The summed E-state index contributed by atoms with van der Waals surface area (Å²) >= 11 is 8.29. The summed E-state index contributed by atoms with van der Waals surface area (Å²) < 4.78 is 0.275. The summed E-state index contributed by atoms with van der Waals surface area (Å²) in [5.74, 6) is -0.239. The number of nitrogens with one attached hydrogen (secondary N) is 1. The lowest BCUT2D eigenvalue weighted by Crippen LogP contribution is -2.22. The Balaban J connectivity index is 1.96. The molecule has 0 saturated carbocycles. The zero-order valence-electron chi connectivity index (χ0n) is 8.36. The third-order valence-corrected chi connectivity index (χ3v) is 4.01. The Morgan fingerprint density at radius 2 is 2.38 bits per heavy atom. The molecule has 0 saturated heterocycles. The van der Waals surface area contributed by atoms with Crippen LogP contribution in [-0.4, -0.2) is 16.1 Å². The van der Waals surface area contributed by atoms with Crippen molar-refractivity contribution in [3.63, 3.8) is 0 Å². The first-order valence-corrected chi connectivity index (χ1v) is 6.54. The topological polar surface area (TPSA) is 54.9 Å². The molecule has 7 heteroatoms. The molecule has 0 atom stereocenters. The van der Waals surface area contributed by atoms with E-state index in [1.54, 1.807) is 11.3 Å². The number of hydrogen-bond donors (Lipinski definition) is 1. The molecule has 0 spiro atoms. The molecule has 0 unspecified atom stereocenters. The summed E-state index contributed by atoms with van der Waals surface area (Å²) in [6.07, 6.45) is 0. The van der Waals surface area contributed by atoms with Crippen LogP contribution in [0.25, 0.3) is 0 Å². The first-order valence-electron chi connectivity index (χ1n) is 4.47. The van der Waals surface area contributed by atoms with Crippen molar-refractivity contribution in [1.82, 2.24) is 15.5 Å². The summed E-state index contributed by atoms with van der Waals surface area (Å²) in [5.41, 5.74) is 1.18. The van der Waals surface area contributed by atoms with E-state index in [0.717, 1.165) is 16.2 Å². The number of halogens is 1. The van der Waals surface area contributed by atoms with Gasteiger partial charge >= 0.3 is 0 Å². The Labute approximate surface area is 105 Å². The van der Waals surface area contributed by atoms with Crippen molar-refractivity contribution in [2.75, 3.05) is 0 Å². The number of thiophene rings is 1. The van der Waals surface area contributed by atoms with Gasteiger partial charge in [0.25, 0.3) is 5.91 Å². The number of nitrogens with zero attached hydrogens (tertiary/aromatic N) is 2. The van der Waals surface area contributed by atoms with Crippen molar-refractivity contribution in [1.29, 1.82) is 0 Å². The number of aryl methyl sites for hydroxylation is 1. The minimum Gasteiger partial charge on any atom is -0.345 e. The van der Waals surface area contributed by atoms with E-state index in [1.807, 2.05) is 18.4 Å². The molecule has 0 aromatic carbocycles. The van der Waals surface area contributed by atoms with Crippen molar-refractivity contribution >= 4 is 40.2 Å². The van der Waals surface area contributed by atoms with Crippen molar-refractivity contribution in [2.24, 2.45) is 0 Å². The fourth-order valence-corrected chi connectivity index (χ4v) is 2.71. The van der Waals surface area contributed by atoms with E-state index in [2.05, 4.69) is 15.5 Å². The van der Waals surface area contributed by atoms with E-state index in [0.29, 0.717) is 11.6 Å². The van der Waals surface area contributed by atoms with Crippen molar-refractivity contribution in [3.8, 4) is 0 Å². The lowest BCUT2D eigenvalue weighted by molar-refractivity contribution is 0.0950. The van der Waals surface area contributed by atoms with Gasteiger partial charge in [-0.1, -0.05) is 11.3 Å². The second-order valence-electron chi connectivity index (χ2n) is 3.07. The van der Waals surface area contributed by atoms with Crippen LogP contribution in [-0.2, 0) is 6.54 Å². The van der Waals surface area contributed by atoms with Gasteiger partial charge in [0.15, 0.2) is 0 Å². The van der Waals surface area contributed by atoms with Gasteiger partial charge in [0.05, 0.1) is 6.54 Å². The average molecular weight is 274 g/mol. The van der Waals surface area contributed by atoms with Crippen LogP contribution < -0.4 is 5.32 Å². The van der Waals surface area contributed by atoms with Crippen molar-refractivity contribution in [2.45, 2.75) is 13.5 Å². The molecule has 2 aromatic heterocycles. The predicted molar refractivity (Wildman–Crippen MR) is 65.1 cm³/mol. The molecule has 0 bridgehead atoms. The van der Waals surface area contributed by atoms with E-state index in [9.17, 15) is 4.79 Å². The molecule has 0 radical (unpaired) electrons. The second-order valence-corrected chi connectivity index (χ2v) is 5.63. The lowest BCUT2D eigenvalue weighted by atomic mass is 10.3. The molecule has 2 rings (SSSR count). The Morgan fingerprint density at radius 3 is 2.94 bits per heavy atom. The van der Waals surface area contributed by atoms with Crippen molar-refractivity contribution in [3.05, 3.63) is 31.4 Å². The monoisotopic (exact) mass is 273 g/mol. The number of hydrogen-bond acceptors (Lipinski definition) is 5. The van der Waals surface area contributed by atoms with Gasteiger partial charge in [-0.3, -0.25) is 4.79 Å². The van der Waals surface area contributed by atoms with Crippen LogP contribution in [0.1, 0.15) is 20.2 Å². The minimum absolute atomic E-state index is 0.239. The third kappa shape index (κ3) is 2.58. The summed E-state index contributed by atoms with van der Waals surface area (Å²) in [7, 11) is 0. The highest BCUT2D eigenvalue weighted by molar-refractivity contribution is 7.17. The molecule has 0 aliphatic rings. The van der Waals surface area contributed by atoms with Gasteiger partial charge in [-0.2, -0.15) is 0 Å². The van der Waals surface area contributed by atoms with Crippen LogP contribution in [0.3, 0.4) is 0 Å². The number of rotatable bonds is 3. The highest BCUT2D eigenvalue weighted by atomic mass is 35.5.